The van der Waals surface area contributed by atoms with Crippen molar-refractivity contribution in [2.45, 2.75) is 0 Å². The van der Waals surface area contributed by atoms with Crippen LogP contribution in [-0.4, -0.2) is 38.5 Å². The molecule has 164 valence electrons. The minimum atomic E-state index is -1.26. The van der Waals surface area contributed by atoms with E-state index in [1.165, 1.54) is 24.4 Å². The van der Waals surface area contributed by atoms with Crippen molar-refractivity contribution in [2.75, 3.05) is 6.61 Å². The van der Waals surface area contributed by atoms with Gasteiger partial charge in [-0.1, -0.05) is 42.5 Å². The molecular weight excluding hydrogens is 428 g/mol. The summed E-state index contributed by atoms with van der Waals surface area (Å²) in [5.74, 6) is -1.13. The lowest BCUT2D eigenvalue weighted by molar-refractivity contribution is -0.385. The summed E-state index contributed by atoms with van der Waals surface area (Å²) < 4.78 is 6.11. The highest BCUT2D eigenvalue weighted by molar-refractivity contribution is 5.83. The maximum atomic E-state index is 13.1. The Morgan fingerprint density at radius 2 is 1.85 bits per heavy atom. The van der Waals surface area contributed by atoms with Gasteiger partial charge in [-0.05, 0) is 24.3 Å². The third kappa shape index (κ3) is 4.59. The highest BCUT2D eigenvalue weighted by atomic mass is 16.6. The largest absolute Gasteiger partial charge is 0.479 e. The first-order chi connectivity index (χ1) is 15.9. The summed E-state index contributed by atoms with van der Waals surface area (Å²) in [5, 5.41) is 24.8. The van der Waals surface area contributed by atoms with Crippen molar-refractivity contribution in [3.8, 4) is 17.1 Å². The molecular formula is C23H16N4O6. The molecule has 10 heteroatoms. The minimum Gasteiger partial charge on any atom is -0.479 e. The number of nitrogens with zero attached hydrogens (tertiary/aromatic N) is 4. The molecule has 0 amide bonds. The van der Waals surface area contributed by atoms with Crippen LogP contribution in [0.1, 0.15) is 5.56 Å². The molecule has 0 saturated carbocycles. The number of carbonyl (C=O) groups is 1. The molecule has 0 aliphatic heterocycles. The molecule has 10 nitrogen and oxygen atoms in total. The Kier molecular flexibility index (Phi) is 5.90. The highest BCUT2D eigenvalue weighted by Gasteiger charge is 2.17. The number of carboxylic acid groups (broad SMARTS) is 1. The molecule has 0 aliphatic carbocycles. The first-order valence-electron chi connectivity index (χ1n) is 9.68. The number of fused-ring (bicyclic) bond motifs is 1. The van der Waals surface area contributed by atoms with Crippen LogP contribution in [0.2, 0.25) is 0 Å². The average Bonchev–Trinajstić information content (AvgIpc) is 2.82. The average molecular weight is 444 g/mol. The molecule has 4 rings (SSSR count). The second kappa shape index (κ2) is 9.10. The Labute approximate surface area is 186 Å². The standard InChI is InChI=1S/C23H16N4O6/c28-21(29)14-33-20-11-10-15(12-19(20)27(31)32)13-24-26-22(16-6-2-1-3-7-16)25-18-9-5-4-8-17(18)23(26)30/h1-13H,14H2,(H,28,29). The number of hydrogen-bond acceptors (Lipinski definition) is 7. The molecule has 0 fully saturated rings. The number of carboxylic acids is 1. The van der Waals surface area contributed by atoms with Gasteiger partial charge in [0, 0.05) is 17.2 Å². The zero-order valence-electron chi connectivity index (χ0n) is 17.0. The van der Waals surface area contributed by atoms with Crippen molar-refractivity contribution in [3.63, 3.8) is 0 Å². The van der Waals surface area contributed by atoms with E-state index in [1.54, 1.807) is 36.4 Å². The van der Waals surface area contributed by atoms with Gasteiger partial charge in [0.15, 0.2) is 18.2 Å². The summed E-state index contributed by atoms with van der Waals surface area (Å²) in [6.07, 6.45) is 1.29. The highest BCUT2D eigenvalue weighted by Crippen LogP contribution is 2.27. The summed E-state index contributed by atoms with van der Waals surface area (Å²) in [4.78, 5) is 39.1. The number of ether oxygens (including phenoxy) is 1. The van der Waals surface area contributed by atoms with Crippen molar-refractivity contribution in [1.29, 1.82) is 0 Å². The molecule has 1 aromatic heterocycles. The lowest BCUT2D eigenvalue weighted by Gasteiger charge is -2.09. The molecule has 1 heterocycles. The number of benzene rings is 3. The van der Waals surface area contributed by atoms with Crippen LogP contribution >= 0.6 is 0 Å². The van der Waals surface area contributed by atoms with Gasteiger partial charge in [0.25, 0.3) is 5.56 Å². The fourth-order valence-corrected chi connectivity index (χ4v) is 3.15. The molecule has 0 radical (unpaired) electrons. The molecule has 0 spiro atoms. The Hall–Kier alpha value is -4.86. The lowest BCUT2D eigenvalue weighted by Crippen LogP contribution is -2.20. The number of nitro groups is 1. The zero-order chi connectivity index (χ0) is 23.4. The Bertz CT molecular complexity index is 1450. The van der Waals surface area contributed by atoms with Crippen LogP contribution in [-0.2, 0) is 4.79 Å². The van der Waals surface area contributed by atoms with Gasteiger partial charge in [0.1, 0.15) is 0 Å². The molecule has 33 heavy (non-hydrogen) atoms. The quantitative estimate of drug-likeness (QED) is 0.262. The molecule has 1 N–H and O–H groups in total. The van der Waals surface area contributed by atoms with E-state index in [1.807, 2.05) is 18.2 Å². The fourth-order valence-electron chi connectivity index (χ4n) is 3.15. The van der Waals surface area contributed by atoms with Crippen molar-refractivity contribution < 1.29 is 19.6 Å². The van der Waals surface area contributed by atoms with Crippen molar-refractivity contribution in [2.24, 2.45) is 5.10 Å². The van der Waals surface area contributed by atoms with E-state index in [0.29, 0.717) is 27.9 Å². The minimum absolute atomic E-state index is 0.186. The first kappa shape index (κ1) is 21.4. The predicted molar refractivity (Wildman–Crippen MR) is 121 cm³/mol. The van der Waals surface area contributed by atoms with E-state index in [0.717, 1.165) is 4.68 Å². The summed E-state index contributed by atoms with van der Waals surface area (Å²) in [5.41, 5.74) is 0.673. The van der Waals surface area contributed by atoms with Crippen LogP contribution in [0.3, 0.4) is 0 Å². The van der Waals surface area contributed by atoms with E-state index in [4.69, 9.17) is 9.84 Å². The van der Waals surface area contributed by atoms with Gasteiger partial charge in [-0.2, -0.15) is 9.78 Å². The van der Waals surface area contributed by atoms with Crippen LogP contribution in [0.15, 0.2) is 82.7 Å². The Morgan fingerprint density at radius 1 is 1.12 bits per heavy atom. The maximum Gasteiger partial charge on any atom is 0.341 e. The third-order valence-electron chi connectivity index (χ3n) is 4.64. The van der Waals surface area contributed by atoms with Gasteiger partial charge >= 0.3 is 11.7 Å². The SMILES string of the molecule is O=C(O)COc1ccc(C=Nn2c(-c3ccccc3)nc3ccccc3c2=O)cc1[N+](=O)[O-]. The van der Waals surface area contributed by atoms with E-state index in [-0.39, 0.29) is 5.75 Å². The van der Waals surface area contributed by atoms with Crippen LogP contribution in [0.5, 0.6) is 5.75 Å². The van der Waals surface area contributed by atoms with E-state index < -0.39 is 28.7 Å². The van der Waals surface area contributed by atoms with Crippen molar-refractivity contribution >= 4 is 28.8 Å². The summed E-state index contributed by atoms with van der Waals surface area (Å²) in [6, 6.07) is 19.9. The molecule has 0 unspecified atom stereocenters. The molecule has 0 aliphatic rings. The predicted octanol–water partition coefficient (Wildman–Crippen LogP) is 3.32. The van der Waals surface area contributed by atoms with Gasteiger partial charge in [-0.3, -0.25) is 14.9 Å². The molecule has 0 atom stereocenters. The second-order valence-electron chi connectivity index (χ2n) is 6.85. The lowest BCUT2D eigenvalue weighted by atomic mass is 10.2. The van der Waals surface area contributed by atoms with Gasteiger partial charge in [-0.25, -0.2) is 9.78 Å². The van der Waals surface area contributed by atoms with Gasteiger partial charge in [0.2, 0.25) is 0 Å². The number of aromatic nitrogens is 2. The van der Waals surface area contributed by atoms with E-state index in [2.05, 4.69) is 10.1 Å². The van der Waals surface area contributed by atoms with Crippen molar-refractivity contribution in [3.05, 3.63) is 98.8 Å². The Balaban J connectivity index is 1.80. The molecule has 4 aromatic rings. The van der Waals surface area contributed by atoms with Crippen LogP contribution in [0.25, 0.3) is 22.3 Å². The summed E-state index contributed by atoms with van der Waals surface area (Å²) in [7, 11) is 0. The second-order valence-corrected chi connectivity index (χ2v) is 6.85. The van der Waals surface area contributed by atoms with E-state index in [9.17, 15) is 19.7 Å². The smallest absolute Gasteiger partial charge is 0.341 e. The van der Waals surface area contributed by atoms with Crippen LogP contribution in [0.4, 0.5) is 5.69 Å². The molecule has 0 saturated heterocycles. The van der Waals surface area contributed by atoms with Crippen molar-refractivity contribution in [1.82, 2.24) is 9.66 Å². The number of aliphatic carboxylic acids is 1. The number of hydrogen-bond donors (Lipinski definition) is 1. The number of nitro benzene ring substituents is 1. The van der Waals surface area contributed by atoms with E-state index >= 15 is 0 Å². The van der Waals surface area contributed by atoms with Gasteiger partial charge < -0.3 is 9.84 Å². The number of rotatable bonds is 7. The fraction of sp³-hybridized carbons (Fsp3) is 0.0435. The molecule has 3 aromatic carbocycles. The third-order valence-corrected chi connectivity index (χ3v) is 4.64. The monoisotopic (exact) mass is 444 g/mol. The first-order valence-corrected chi connectivity index (χ1v) is 9.68. The van der Waals surface area contributed by atoms with Crippen LogP contribution < -0.4 is 10.3 Å². The zero-order valence-corrected chi connectivity index (χ0v) is 17.0. The van der Waals surface area contributed by atoms with Gasteiger partial charge in [-0.15, -0.1) is 0 Å². The maximum absolute atomic E-state index is 13.1. The topological polar surface area (TPSA) is 137 Å². The number of para-hydroxylation sites is 1. The summed E-state index contributed by atoms with van der Waals surface area (Å²) in [6.45, 7) is -0.715. The molecule has 0 bridgehead atoms. The summed E-state index contributed by atoms with van der Waals surface area (Å²) >= 11 is 0. The van der Waals surface area contributed by atoms with Gasteiger partial charge in [0.05, 0.1) is 22.0 Å². The normalized spacial score (nSPS) is 11.0. The van der Waals surface area contributed by atoms with Crippen LogP contribution in [0, 0.1) is 10.1 Å². The Morgan fingerprint density at radius 3 is 2.58 bits per heavy atom.